The van der Waals surface area contributed by atoms with Crippen LogP contribution in [0.2, 0.25) is 0 Å². The number of hydrogen-bond acceptors (Lipinski definition) is 4. The van der Waals surface area contributed by atoms with Crippen molar-refractivity contribution in [2.24, 2.45) is 0 Å². The van der Waals surface area contributed by atoms with Crippen molar-refractivity contribution in [2.75, 3.05) is 0 Å². The van der Waals surface area contributed by atoms with Gasteiger partial charge in [0.25, 0.3) is 5.91 Å². The van der Waals surface area contributed by atoms with E-state index in [1.807, 2.05) is 60.7 Å². The number of tetrazole rings is 1. The van der Waals surface area contributed by atoms with Crippen molar-refractivity contribution in [1.82, 2.24) is 25.5 Å². The van der Waals surface area contributed by atoms with Crippen LogP contribution in [0.25, 0.3) is 5.69 Å². The molecule has 0 saturated carbocycles. The van der Waals surface area contributed by atoms with Crippen LogP contribution in [0.3, 0.4) is 0 Å². The first-order valence-corrected chi connectivity index (χ1v) is 9.03. The molecule has 1 atom stereocenters. The molecule has 138 valence electrons. The number of carbonyl (C=O) groups excluding carboxylic acids is 1. The minimum Gasteiger partial charge on any atom is -0.345 e. The maximum atomic E-state index is 12.9. The zero-order valence-electron chi connectivity index (χ0n) is 15.1. The molecule has 0 radical (unpaired) electrons. The predicted octanol–water partition coefficient (Wildman–Crippen LogP) is 3.38. The van der Waals surface area contributed by atoms with Crippen LogP contribution in [0.1, 0.15) is 27.5 Å². The van der Waals surface area contributed by atoms with E-state index >= 15 is 0 Å². The van der Waals surface area contributed by atoms with Gasteiger partial charge < -0.3 is 5.32 Å². The second-order valence-electron chi connectivity index (χ2n) is 6.43. The third-order valence-corrected chi connectivity index (χ3v) is 4.53. The van der Waals surface area contributed by atoms with Crippen molar-refractivity contribution < 1.29 is 4.79 Å². The Kier molecular flexibility index (Phi) is 5.20. The van der Waals surface area contributed by atoms with Gasteiger partial charge in [-0.05, 0) is 52.2 Å². The number of carbonyl (C=O) groups is 1. The average Bonchev–Trinajstić information content (AvgIpc) is 3.30. The van der Waals surface area contributed by atoms with Gasteiger partial charge in [-0.1, -0.05) is 60.7 Å². The molecule has 4 aromatic rings. The van der Waals surface area contributed by atoms with Gasteiger partial charge in [-0.2, -0.15) is 0 Å². The summed E-state index contributed by atoms with van der Waals surface area (Å²) in [6, 6.07) is 27.3. The van der Waals surface area contributed by atoms with Crippen molar-refractivity contribution in [3.8, 4) is 5.69 Å². The van der Waals surface area contributed by atoms with Gasteiger partial charge >= 0.3 is 0 Å². The maximum absolute atomic E-state index is 12.9. The SMILES string of the molecule is O=C(N[C@H](Cc1ccccc1)c1ccccc1)c1ccc(-n2cnnn2)cc1. The molecular formula is C22H19N5O. The van der Waals surface area contributed by atoms with Gasteiger partial charge in [-0.15, -0.1) is 5.10 Å². The molecule has 0 aliphatic carbocycles. The molecule has 6 heteroatoms. The van der Waals surface area contributed by atoms with E-state index in [2.05, 4.69) is 33.0 Å². The third kappa shape index (κ3) is 4.12. The Hall–Kier alpha value is -3.80. The van der Waals surface area contributed by atoms with Crippen molar-refractivity contribution in [1.29, 1.82) is 0 Å². The fraction of sp³-hybridized carbons (Fsp3) is 0.0909. The highest BCUT2D eigenvalue weighted by molar-refractivity contribution is 5.94. The summed E-state index contributed by atoms with van der Waals surface area (Å²) in [6.07, 6.45) is 2.24. The lowest BCUT2D eigenvalue weighted by Gasteiger charge is -2.20. The van der Waals surface area contributed by atoms with Crippen molar-refractivity contribution in [2.45, 2.75) is 12.5 Å². The summed E-state index contributed by atoms with van der Waals surface area (Å²) >= 11 is 0. The quantitative estimate of drug-likeness (QED) is 0.565. The zero-order chi connectivity index (χ0) is 19.2. The smallest absolute Gasteiger partial charge is 0.251 e. The minimum atomic E-state index is -0.118. The lowest BCUT2D eigenvalue weighted by molar-refractivity contribution is 0.0936. The van der Waals surface area contributed by atoms with Crippen LogP contribution in [0.4, 0.5) is 0 Å². The molecule has 1 heterocycles. The normalized spacial score (nSPS) is 11.7. The van der Waals surface area contributed by atoms with E-state index in [1.54, 1.807) is 16.8 Å². The van der Waals surface area contributed by atoms with Gasteiger partial charge in [0.2, 0.25) is 0 Å². The number of amides is 1. The van der Waals surface area contributed by atoms with Crippen molar-refractivity contribution >= 4 is 5.91 Å². The lowest BCUT2D eigenvalue weighted by atomic mass is 9.98. The molecule has 0 fully saturated rings. The van der Waals surface area contributed by atoms with Crippen LogP contribution in [-0.4, -0.2) is 26.1 Å². The Morgan fingerprint density at radius 3 is 2.21 bits per heavy atom. The highest BCUT2D eigenvalue weighted by Crippen LogP contribution is 2.19. The van der Waals surface area contributed by atoms with E-state index in [9.17, 15) is 4.79 Å². The molecule has 0 saturated heterocycles. The molecule has 3 aromatic carbocycles. The number of aromatic nitrogens is 4. The largest absolute Gasteiger partial charge is 0.345 e. The Morgan fingerprint density at radius 2 is 1.57 bits per heavy atom. The molecule has 6 nitrogen and oxygen atoms in total. The molecular weight excluding hydrogens is 350 g/mol. The molecule has 1 N–H and O–H groups in total. The highest BCUT2D eigenvalue weighted by Gasteiger charge is 2.16. The Labute approximate surface area is 162 Å². The van der Waals surface area contributed by atoms with Gasteiger partial charge in [-0.25, -0.2) is 4.68 Å². The number of hydrogen-bond donors (Lipinski definition) is 1. The Morgan fingerprint density at radius 1 is 0.893 bits per heavy atom. The summed E-state index contributed by atoms with van der Waals surface area (Å²) in [6.45, 7) is 0. The van der Waals surface area contributed by atoms with Crippen LogP contribution in [0.5, 0.6) is 0 Å². The van der Waals surface area contributed by atoms with Crippen LogP contribution in [-0.2, 0) is 6.42 Å². The molecule has 0 unspecified atom stereocenters. The van der Waals surface area contributed by atoms with E-state index in [0.29, 0.717) is 5.56 Å². The summed E-state index contributed by atoms with van der Waals surface area (Å²) < 4.78 is 1.55. The molecule has 1 amide bonds. The number of benzene rings is 3. The van der Waals surface area contributed by atoms with E-state index < -0.39 is 0 Å². The van der Waals surface area contributed by atoms with E-state index in [4.69, 9.17) is 0 Å². The van der Waals surface area contributed by atoms with E-state index in [1.165, 1.54) is 11.9 Å². The van der Waals surface area contributed by atoms with Crippen LogP contribution in [0.15, 0.2) is 91.3 Å². The first-order chi connectivity index (χ1) is 13.8. The number of nitrogens with one attached hydrogen (secondary N) is 1. The summed E-state index contributed by atoms with van der Waals surface area (Å²) in [5, 5.41) is 14.3. The van der Waals surface area contributed by atoms with Crippen molar-refractivity contribution in [3.63, 3.8) is 0 Å². The topological polar surface area (TPSA) is 72.7 Å². The Balaban J connectivity index is 1.53. The third-order valence-electron chi connectivity index (χ3n) is 4.53. The Bertz CT molecular complexity index is 1020. The van der Waals surface area contributed by atoms with Crippen LogP contribution < -0.4 is 5.32 Å². The lowest BCUT2D eigenvalue weighted by Crippen LogP contribution is -2.30. The van der Waals surface area contributed by atoms with Gasteiger partial charge in [0.05, 0.1) is 11.7 Å². The van der Waals surface area contributed by atoms with E-state index in [0.717, 1.165) is 17.7 Å². The monoisotopic (exact) mass is 369 g/mol. The average molecular weight is 369 g/mol. The van der Waals surface area contributed by atoms with Gasteiger partial charge in [0.1, 0.15) is 6.33 Å². The fourth-order valence-corrected chi connectivity index (χ4v) is 3.07. The molecule has 0 aliphatic rings. The minimum absolute atomic E-state index is 0.115. The second-order valence-corrected chi connectivity index (χ2v) is 6.43. The van der Waals surface area contributed by atoms with E-state index in [-0.39, 0.29) is 11.9 Å². The number of rotatable bonds is 6. The summed E-state index contributed by atoms with van der Waals surface area (Å²) in [7, 11) is 0. The molecule has 0 aliphatic heterocycles. The molecule has 1 aromatic heterocycles. The van der Waals surface area contributed by atoms with Gasteiger partial charge in [-0.3, -0.25) is 4.79 Å². The summed E-state index contributed by atoms with van der Waals surface area (Å²) in [5.41, 5.74) is 3.63. The summed E-state index contributed by atoms with van der Waals surface area (Å²) in [5.74, 6) is -0.118. The number of nitrogens with zero attached hydrogens (tertiary/aromatic N) is 4. The predicted molar refractivity (Wildman–Crippen MR) is 106 cm³/mol. The fourth-order valence-electron chi connectivity index (χ4n) is 3.07. The first-order valence-electron chi connectivity index (χ1n) is 9.03. The van der Waals surface area contributed by atoms with Crippen LogP contribution in [0, 0.1) is 0 Å². The molecule has 4 rings (SSSR count). The molecule has 28 heavy (non-hydrogen) atoms. The first kappa shape index (κ1) is 17.6. The van der Waals surface area contributed by atoms with Crippen molar-refractivity contribution in [3.05, 3.63) is 108 Å². The summed E-state index contributed by atoms with van der Waals surface area (Å²) in [4.78, 5) is 12.9. The standard InChI is InChI=1S/C22H19N5O/c28-22(19-11-13-20(14-12-19)27-16-23-25-26-27)24-21(18-9-5-2-6-10-18)15-17-7-3-1-4-8-17/h1-14,16,21H,15H2,(H,24,28)/t21-/m1/s1. The molecule has 0 spiro atoms. The maximum Gasteiger partial charge on any atom is 0.251 e. The highest BCUT2D eigenvalue weighted by atomic mass is 16.1. The molecule has 0 bridgehead atoms. The van der Waals surface area contributed by atoms with Gasteiger partial charge in [0, 0.05) is 5.56 Å². The van der Waals surface area contributed by atoms with Gasteiger partial charge in [0.15, 0.2) is 0 Å². The second kappa shape index (κ2) is 8.26. The zero-order valence-corrected chi connectivity index (χ0v) is 15.1. The van der Waals surface area contributed by atoms with Crippen LogP contribution >= 0.6 is 0 Å².